The fourth-order valence-electron chi connectivity index (χ4n) is 1.39. The number of hydrogen-bond donors (Lipinski definition) is 2. The zero-order valence-corrected chi connectivity index (χ0v) is 8.87. The Labute approximate surface area is 93.3 Å². The Balaban J connectivity index is 1.65. The van der Waals surface area contributed by atoms with Gasteiger partial charge in [0.1, 0.15) is 0 Å². The third-order valence-corrected chi connectivity index (χ3v) is 2.43. The van der Waals surface area contributed by atoms with Gasteiger partial charge >= 0.3 is 0 Å². The van der Waals surface area contributed by atoms with Crippen molar-refractivity contribution >= 4 is 11.6 Å². The third kappa shape index (κ3) is 3.18. The van der Waals surface area contributed by atoms with Crippen LogP contribution in [0.2, 0.25) is 0 Å². The van der Waals surface area contributed by atoms with E-state index in [1.165, 1.54) is 12.3 Å². The van der Waals surface area contributed by atoms with E-state index in [0.29, 0.717) is 18.8 Å². The number of halogens is 1. The Morgan fingerprint density at radius 1 is 1.50 bits per heavy atom. The summed E-state index contributed by atoms with van der Waals surface area (Å²) >= 11 is 0. The molecule has 0 unspecified atom stereocenters. The third-order valence-electron chi connectivity index (χ3n) is 2.43. The Hall–Kier alpha value is -1.65. The van der Waals surface area contributed by atoms with E-state index in [1.54, 1.807) is 6.07 Å². The Kier molecular flexibility index (Phi) is 3.34. The minimum atomic E-state index is -0.507. The number of anilines is 1. The monoisotopic (exact) mass is 223 g/mol. The van der Waals surface area contributed by atoms with Crippen LogP contribution >= 0.6 is 0 Å². The van der Waals surface area contributed by atoms with E-state index in [-0.39, 0.29) is 11.8 Å². The van der Waals surface area contributed by atoms with Gasteiger partial charge in [0, 0.05) is 37.0 Å². The van der Waals surface area contributed by atoms with Crippen molar-refractivity contribution in [2.45, 2.75) is 12.8 Å². The Morgan fingerprint density at radius 3 is 3.00 bits per heavy atom. The summed E-state index contributed by atoms with van der Waals surface area (Å²) in [5.41, 5.74) is 0.674. The largest absolute Gasteiger partial charge is 0.383 e. The van der Waals surface area contributed by atoms with Gasteiger partial charge in [-0.3, -0.25) is 4.79 Å². The van der Waals surface area contributed by atoms with Crippen LogP contribution in [0.25, 0.3) is 0 Å². The predicted molar refractivity (Wildman–Crippen MR) is 58.4 cm³/mol. The van der Waals surface area contributed by atoms with E-state index in [9.17, 15) is 9.18 Å². The van der Waals surface area contributed by atoms with Crippen molar-refractivity contribution in [2.24, 2.45) is 5.92 Å². The molecule has 4 nitrogen and oxygen atoms in total. The number of nitrogens with zero attached hydrogens (tertiary/aromatic N) is 1. The van der Waals surface area contributed by atoms with Crippen LogP contribution in [-0.2, 0) is 4.79 Å². The quantitative estimate of drug-likeness (QED) is 0.581. The molecule has 1 saturated carbocycles. The summed E-state index contributed by atoms with van der Waals surface area (Å²) in [6.45, 7) is 1.14. The average molecular weight is 223 g/mol. The van der Waals surface area contributed by atoms with E-state index in [1.807, 2.05) is 0 Å². The number of rotatable bonds is 5. The molecular formula is C11H14FN3O. The van der Waals surface area contributed by atoms with Crippen molar-refractivity contribution in [2.75, 3.05) is 18.4 Å². The molecule has 0 bridgehead atoms. The molecule has 1 aliphatic rings. The lowest BCUT2D eigenvalue weighted by molar-refractivity contribution is -0.122. The van der Waals surface area contributed by atoms with Crippen molar-refractivity contribution in [1.29, 1.82) is 0 Å². The fraction of sp³-hybridized carbons (Fsp3) is 0.455. The molecule has 1 heterocycles. The van der Waals surface area contributed by atoms with Gasteiger partial charge in [-0.1, -0.05) is 0 Å². The summed E-state index contributed by atoms with van der Waals surface area (Å²) in [6, 6.07) is 3.01. The summed E-state index contributed by atoms with van der Waals surface area (Å²) in [5, 5.41) is 5.82. The van der Waals surface area contributed by atoms with E-state index in [4.69, 9.17) is 0 Å². The van der Waals surface area contributed by atoms with Gasteiger partial charge in [0.05, 0.1) is 0 Å². The Bertz CT molecular complexity index is 379. The number of aromatic nitrogens is 1. The lowest BCUT2D eigenvalue weighted by atomic mass is 10.4. The van der Waals surface area contributed by atoms with E-state index >= 15 is 0 Å². The Morgan fingerprint density at radius 2 is 2.31 bits per heavy atom. The van der Waals surface area contributed by atoms with Crippen molar-refractivity contribution in [3.63, 3.8) is 0 Å². The highest BCUT2D eigenvalue weighted by molar-refractivity contribution is 5.80. The van der Waals surface area contributed by atoms with Gasteiger partial charge in [-0.2, -0.15) is 4.39 Å². The fourth-order valence-corrected chi connectivity index (χ4v) is 1.39. The average Bonchev–Trinajstić information content (AvgIpc) is 3.08. The molecule has 0 spiro atoms. The summed E-state index contributed by atoms with van der Waals surface area (Å²) < 4.78 is 12.7. The molecule has 0 radical (unpaired) electrons. The van der Waals surface area contributed by atoms with Gasteiger partial charge in [-0.15, -0.1) is 0 Å². The van der Waals surface area contributed by atoms with Crippen molar-refractivity contribution in [1.82, 2.24) is 10.3 Å². The number of pyridine rings is 1. The summed E-state index contributed by atoms with van der Waals surface area (Å²) in [6.07, 6.45) is 3.42. The van der Waals surface area contributed by atoms with Crippen LogP contribution in [0.15, 0.2) is 18.3 Å². The second kappa shape index (κ2) is 4.92. The first-order chi connectivity index (χ1) is 7.75. The van der Waals surface area contributed by atoms with Crippen molar-refractivity contribution < 1.29 is 9.18 Å². The van der Waals surface area contributed by atoms with Gasteiger partial charge < -0.3 is 10.6 Å². The lowest BCUT2D eigenvalue weighted by Crippen LogP contribution is -2.29. The molecule has 86 valence electrons. The number of hydrogen-bond acceptors (Lipinski definition) is 3. The minimum absolute atomic E-state index is 0.128. The van der Waals surface area contributed by atoms with Gasteiger partial charge in [0.2, 0.25) is 11.9 Å². The molecule has 0 aromatic carbocycles. The van der Waals surface area contributed by atoms with Gasteiger partial charge in [0.15, 0.2) is 0 Å². The van der Waals surface area contributed by atoms with Crippen molar-refractivity contribution in [3.05, 3.63) is 24.3 Å². The molecule has 0 saturated heterocycles. The van der Waals surface area contributed by atoms with E-state index in [2.05, 4.69) is 15.6 Å². The summed E-state index contributed by atoms with van der Waals surface area (Å²) in [5.74, 6) is -0.145. The SMILES string of the molecule is O=C(NCCNc1ccnc(F)c1)C1CC1. The molecule has 16 heavy (non-hydrogen) atoms. The zero-order valence-electron chi connectivity index (χ0n) is 8.87. The van der Waals surface area contributed by atoms with Crippen LogP contribution < -0.4 is 10.6 Å². The molecule has 1 aromatic rings. The van der Waals surface area contributed by atoms with Crippen LogP contribution in [0.4, 0.5) is 10.1 Å². The number of nitrogens with one attached hydrogen (secondary N) is 2. The first kappa shape index (κ1) is 10.9. The highest BCUT2D eigenvalue weighted by atomic mass is 19.1. The maximum Gasteiger partial charge on any atom is 0.223 e. The maximum absolute atomic E-state index is 12.7. The second-order valence-corrected chi connectivity index (χ2v) is 3.86. The zero-order chi connectivity index (χ0) is 11.4. The van der Waals surface area contributed by atoms with Gasteiger partial charge in [-0.05, 0) is 18.9 Å². The first-order valence-corrected chi connectivity index (χ1v) is 5.39. The number of carbonyl (C=O) groups is 1. The molecule has 0 atom stereocenters. The van der Waals surface area contributed by atoms with Crippen LogP contribution in [0.3, 0.4) is 0 Å². The summed E-state index contributed by atoms with van der Waals surface area (Å²) in [7, 11) is 0. The van der Waals surface area contributed by atoms with Gasteiger partial charge in [-0.25, -0.2) is 4.98 Å². The minimum Gasteiger partial charge on any atom is -0.383 e. The topological polar surface area (TPSA) is 54.0 Å². The molecule has 2 rings (SSSR count). The van der Waals surface area contributed by atoms with Crippen LogP contribution in [0, 0.1) is 11.9 Å². The molecule has 1 amide bonds. The summed E-state index contributed by atoms with van der Waals surface area (Å²) in [4.78, 5) is 14.7. The number of amides is 1. The lowest BCUT2D eigenvalue weighted by Gasteiger charge is -2.07. The smallest absolute Gasteiger partial charge is 0.223 e. The molecule has 1 aromatic heterocycles. The van der Waals surface area contributed by atoms with E-state index < -0.39 is 5.95 Å². The normalized spacial score (nSPS) is 14.6. The molecule has 1 fully saturated rings. The van der Waals surface area contributed by atoms with Crippen molar-refractivity contribution in [3.8, 4) is 0 Å². The van der Waals surface area contributed by atoms with E-state index in [0.717, 1.165) is 12.8 Å². The molecular weight excluding hydrogens is 209 g/mol. The first-order valence-electron chi connectivity index (χ1n) is 5.39. The molecule has 1 aliphatic carbocycles. The highest BCUT2D eigenvalue weighted by Crippen LogP contribution is 2.28. The second-order valence-electron chi connectivity index (χ2n) is 3.86. The van der Waals surface area contributed by atoms with Gasteiger partial charge in [0.25, 0.3) is 0 Å². The van der Waals surface area contributed by atoms with Crippen LogP contribution in [0.1, 0.15) is 12.8 Å². The highest BCUT2D eigenvalue weighted by Gasteiger charge is 2.28. The number of carbonyl (C=O) groups excluding carboxylic acids is 1. The standard InChI is InChI=1S/C11H14FN3O/c12-10-7-9(3-4-14-10)13-5-6-15-11(16)8-1-2-8/h3-4,7-8H,1-2,5-6H2,(H,13,14)(H,15,16). The predicted octanol–water partition coefficient (Wildman–Crippen LogP) is 1.16. The maximum atomic E-state index is 12.7. The molecule has 0 aliphatic heterocycles. The van der Waals surface area contributed by atoms with Crippen LogP contribution in [-0.4, -0.2) is 24.0 Å². The van der Waals surface area contributed by atoms with Crippen LogP contribution in [0.5, 0.6) is 0 Å². The molecule has 5 heteroatoms. The molecule has 2 N–H and O–H groups in total.